The van der Waals surface area contributed by atoms with Gasteiger partial charge in [-0.2, -0.15) is 0 Å². The monoisotopic (exact) mass is 287 g/mol. The molecule has 2 aromatic rings. The first-order valence-electron chi connectivity index (χ1n) is 6.26. The van der Waals surface area contributed by atoms with E-state index in [0.29, 0.717) is 17.3 Å². The number of hydrogen-bond acceptors (Lipinski definition) is 4. The molecular formula is C14H13N3O2S. The molecule has 0 saturated heterocycles. The number of benzene rings is 1. The summed E-state index contributed by atoms with van der Waals surface area (Å²) in [7, 11) is 0. The van der Waals surface area contributed by atoms with E-state index in [1.54, 1.807) is 28.5 Å². The van der Waals surface area contributed by atoms with Gasteiger partial charge in [-0.15, -0.1) is 0 Å². The molecule has 0 fully saturated rings. The maximum Gasteiger partial charge on any atom is 0.277 e. The van der Waals surface area contributed by atoms with E-state index in [0.717, 1.165) is 11.3 Å². The van der Waals surface area contributed by atoms with Crippen molar-refractivity contribution in [1.82, 2.24) is 9.55 Å². The van der Waals surface area contributed by atoms with Crippen molar-refractivity contribution in [2.75, 3.05) is 11.1 Å². The summed E-state index contributed by atoms with van der Waals surface area (Å²) in [5, 5.41) is 3.34. The number of thioether (sulfide) groups is 1. The molecule has 0 atom stereocenters. The number of hydrogen-bond donors (Lipinski definition) is 1. The van der Waals surface area contributed by atoms with Gasteiger partial charge in [0, 0.05) is 17.9 Å². The summed E-state index contributed by atoms with van der Waals surface area (Å²) in [6.45, 7) is 2.59. The highest BCUT2D eigenvalue weighted by Gasteiger charge is 2.17. The average molecular weight is 287 g/mol. The smallest absolute Gasteiger partial charge is 0.277 e. The van der Waals surface area contributed by atoms with E-state index in [-0.39, 0.29) is 17.2 Å². The number of fused-ring (bicyclic) bond motifs is 1. The van der Waals surface area contributed by atoms with Crippen LogP contribution in [0.2, 0.25) is 0 Å². The minimum absolute atomic E-state index is 0.194. The minimum atomic E-state index is -0.296. The number of carbonyl (C=O) groups excluding carboxylic acids is 1. The van der Waals surface area contributed by atoms with Crippen LogP contribution in [0.3, 0.4) is 0 Å². The van der Waals surface area contributed by atoms with Gasteiger partial charge in [-0.05, 0) is 19.1 Å². The molecule has 1 aliphatic rings. The SMILES string of the molecule is Cc1ccc(C(=O)Nc2cnc3n(c2=O)CCS3)cc1. The van der Waals surface area contributed by atoms with E-state index in [4.69, 9.17) is 0 Å². The zero-order valence-corrected chi connectivity index (χ0v) is 11.7. The Kier molecular flexibility index (Phi) is 3.31. The van der Waals surface area contributed by atoms with Crippen molar-refractivity contribution >= 4 is 23.4 Å². The number of rotatable bonds is 2. The molecular weight excluding hydrogens is 274 g/mol. The van der Waals surface area contributed by atoms with Gasteiger partial charge in [-0.1, -0.05) is 29.5 Å². The van der Waals surface area contributed by atoms with E-state index in [9.17, 15) is 9.59 Å². The summed E-state index contributed by atoms with van der Waals surface area (Å²) in [6.07, 6.45) is 1.43. The summed E-state index contributed by atoms with van der Waals surface area (Å²) in [6, 6.07) is 7.19. The molecule has 2 heterocycles. The minimum Gasteiger partial charge on any atom is -0.316 e. The lowest BCUT2D eigenvalue weighted by molar-refractivity contribution is 0.102. The van der Waals surface area contributed by atoms with Crippen molar-refractivity contribution in [1.29, 1.82) is 0 Å². The molecule has 0 radical (unpaired) electrons. The number of aryl methyl sites for hydroxylation is 1. The number of amides is 1. The highest BCUT2D eigenvalue weighted by molar-refractivity contribution is 7.99. The van der Waals surface area contributed by atoms with Crippen LogP contribution in [0.1, 0.15) is 15.9 Å². The molecule has 1 amide bonds. The Morgan fingerprint density at radius 2 is 2.10 bits per heavy atom. The predicted octanol–water partition coefficient (Wildman–Crippen LogP) is 1.91. The van der Waals surface area contributed by atoms with Crippen LogP contribution >= 0.6 is 11.8 Å². The van der Waals surface area contributed by atoms with E-state index in [1.165, 1.54) is 6.20 Å². The van der Waals surface area contributed by atoms with Crippen LogP contribution in [0.5, 0.6) is 0 Å². The van der Waals surface area contributed by atoms with Crippen LogP contribution in [0.25, 0.3) is 0 Å². The summed E-state index contributed by atoms with van der Waals surface area (Å²) in [5.74, 6) is 0.549. The Balaban J connectivity index is 1.87. The third-order valence-corrected chi connectivity index (χ3v) is 4.09. The van der Waals surface area contributed by atoms with Gasteiger partial charge in [-0.25, -0.2) is 4.98 Å². The van der Waals surface area contributed by atoms with Crippen LogP contribution in [0.15, 0.2) is 40.4 Å². The average Bonchev–Trinajstić information content (AvgIpc) is 2.92. The van der Waals surface area contributed by atoms with Gasteiger partial charge in [0.15, 0.2) is 5.16 Å². The molecule has 5 nitrogen and oxygen atoms in total. The van der Waals surface area contributed by atoms with E-state index in [1.807, 2.05) is 19.1 Å². The standard InChI is InChI=1S/C14H13N3O2S/c1-9-2-4-10(5-3-9)12(18)16-11-8-15-14-17(13(11)19)6-7-20-14/h2-5,8H,6-7H2,1H3,(H,16,18). The third kappa shape index (κ3) is 2.34. The summed E-state index contributed by atoms with van der Waals surface area (Å²) in [4.78, 5) is 28.5. The fraction of sp³-hybridized carbons (Fsp3) is 0.214. The number of nitrogens with one attached hydrogen (secondary N) is 1. The first kappa shape index (κ1) is 12.9. The quantitative estimate of drug-likeness (QED) is 0.857. The molecule has 20 heavy (non-hydrogen) atoms. The summed E-state index contributed by atoms with van der Waals surface area (Å²) in [5.41, 5.74) is 1.63. The normalized spacial score (nSPS) is 13.1. The van der Waals surface area contributed by atoms with Crippen molar-refractivity contribution in [3.63, 3.8) is 0 Å². The molecule has 102 valence electrons. The topological polar surface area (TPSA) is 64.0 Å². The van der Waals surface area contributed by atoms with Gasteiger partial charge < -0.3 is 5.32 Å². The molecule has 0 saturated carbocycles. The van der Waals surface area contributed by atoms with Crippen LogP contribution < -0.4 is 10.9 Å². The lowest BCUT2D eigenvalue weighted by Crippen LogP contribution is -2.26. The van der Waals surface area contributed by atoms with Gasteiger partial charge in [-0.3, -0.25) is 14.2 Å². The summed E-state index contributed by atoms with van der Waals surface area (Å²) >= 11 is 1.55. The largest absolute Gasteiger partial charge is 0.316 e. The van der Waals surface area contributed by atoms with Crippen LogP contribution in [0.4, 0.5) is 5.69 Å². The second-order valence-corrected chi connectivity index (χ2v) is 5.64. The molecule has 0 bridgehead atoms. The number of nitrogens with zero attached hydrogens (tertiary/aromatic N) is 2. The molecule has 0 unspecified atom stereocenters. The number of anilines is 1. The van der Waals surface area contributed by atoms with Crippen LogP contribution in [0, 0.1) is 6.92 Å². The van der Waals surface area contributed by atoms with Gasteiger partial charge in [0.05, 0.1) is 6.20 Å². The Bertz CT molecular complexity index is 722. The fourth-order valence-electron chi connectivity index (χ4n) is 2.00. The van der Waals surface area contributed by atoms with Gasteiger partial charge in [0.2, 0.25) is 0 Å². The fourth-order valence-corrected chi connectivity index (χ4v) is 2.92. The molecule has 1 aromatic carbocycles. The zero-order chi connectivity index (χ0) is 14.1. The molecule has 0 aliphatic carbocycles. The maximum atomic E-state index is 12.2. The van der Waals surface area contributed by atoms with Crippen molar-refractivity contribution in [3.8, 4) is 0 Å². The lowest BCUT2D eigenvalue weighted by Gasteiger charge is -2.07. The van der Waals surface area contributed by atoms with E-state index < -0.39 is 0 Å². The van der Waals surface area contributed by atoms with Crippen molar-refractivity contribution < 1.29 is 4.79 Å². The number of carbonyl (C=O) groups is 1. The zero-order valence-electron chi connectivity index (χ0n) is 10.9. The Morgan fingerprint density at radius 3 is 2.85 bits per heavy atom. The van der Waals surface area contributed by atoms with Crippen LogP contribution in [-0.4, -0.2) is 21.2 Å². The molecule has 1 aromatic heterocycles. The van der Waals surface area contributed by atoms with E-state index in [2.05, 4.69) is 10.3 Å². The molecule has 0 spiro atoms. The van der Waals surface area contributed by atoms with Crippen molar-refractivity contribution in [3.05, 3.63) is 51.9 Å². The van der Waals surface area contributed by atoms with Crippen molar-refractivity contribution in [2.45, 2.75) is 18.6 Å². The van der Waals surface area contributed by atoms with Gasteiger partial charge in [0.25, 0.3) is 11.5 Å². The second-order valence-electron chi connectivity index (χ2n) is 4.58. The molecule has 1 aliphatic heterocycles. The highest BCUT2D eigenvalue weighted by atomic mass is 32.2. The molecule has 1 N–H and O–H groups in total. The highest BCUT2D eigenvalue weighted by Crippen LogP contribution is 2.21. The van der Waals surface area contributed by atoms with Gasteiger partial charge in [0.1, 0.15) is 5.69 Å². The van der Waals surface area contributed by atoms with E-state index >= 15 is 0 Å². The first-order chi connectivity index (χ1) is 9.65. The first-order valence-corrected chi connectivity index (χ1v) is 7.24. The van der Waals surface area contributed by atoms with Gasteiger partial charge >= 0.3 is 0 Å². The van der Waals surface area contributed by atoms with Crippen LogP contribution in [-0.2, 0) is 6.54 Å². The second kappa shape index (κ2) is 5.13. The maximum absolute atomic E-state index is 12.2. The summed E-state index contributed by atoms with van der Waals surface area (Å²) < 4.78 is 1.59. The Morgan fingerprint density at radius 1 is 1.35 bits per heavy atom. The Labute approximate surface area is 120 Å². The number of aromatic nitrogens is 2. The lowest BCUT2D eigenvalue weighted by atomic mass is 10.1. The Hall–Kier alpha value is -2.08. The molecule has 6 heteroatoms. The molecule has 3 rings (SSSR count). The van der Waals surface area contributed by atoms with Crippen molar-refractivity contribution in [2.24, 2.45) is 0 Å². The predicted molar refractivity (Wildman–Crippen MR) is 78.4 cm³/mol. The third-order valence-electron chi connectivity index (χ3n) is 3.12.